The minimum absolute atomic E-state index is 0.118. The van der Waals surface area contributed by atoms with Gasteiger partial charge in [0, 0.05) is 15.8 Å². The molecule has 0 saturated heterocycles. The molecule has 0 saturated carbocycles. The van der Waals surface area contributed by atoms with Crippen molar-refractivity contribution in [1.29, 1.82) is 0 Å². The summed E-state index contributed by atoms with van der Waals surface area (Å²) in [7, 11) is 0. The average molecular weight is 347 g/mol. The number of nitrogens with zero attached hydrogens (tertiary/aromatic N) is 2. The molecule has 0 unspecified atom stereocenters. The van der Waals surface area contributed by atoms with Gasteiger partial charge >= 0.3 is 0 Å². The molecule has 0 aliphatic carbocycles. The number of hydrogen-bond donors (Lipinski definition) is 1. The molecule has 3 aromatic rings. The first kappa shape index (κ1) is 15.8. The van der Waals surface area contributed by atoms with Gasteiger partial charge in [0.25, 0.3) is 0 Å². The molecule has 0 bridgehead atoms. The van der Waals surface area contributed by atoms with E-state index in [1.54, 1.807) is 40.4 Å². The van der Waals surface area contributed by atoms with Crippen LogP contribution in [0.4, 0.5) is 10.2 Å². The van der Waals surface area contributed by atoms with Gasteiger partial charge in [0.2, 0.25) is 5.91 Å². The number of thioether (sulfide) groups is 1. The Morgan fingerprint density at radius 3 is 2.83 bits per heavy atom. The van der Waals surface area contributed by atoms with Crippen molar-refractivity contribution in [2.75, 3.05) is 11.1 Å². The van der Waals surface area contributed by atoms with Crippen LogP contribution in [-0.4, -0.2) is 21.4 Å². The van der Waals surface area contributed by atoms with Crippen LogP contribution in [0.15, 0.2) is 58.9 Å². The van der Waals surface area contributed by atoms with Crippen LogP contribution in [0.5, 0.6) is 0 Å². The maximum absolute atomic E-state index is 12.8. The van der Waals surface area contributed by atoms with E-state index in [-0.39, 0.29) is 17.5 Å². The molecule has 4 nitrogen and oxygen atoms in total. The van der Waals surface area contributed by atoms with Gasteiger partial charge in [-0.25, -0.2) is 9.07 Å². The van der Waals surface area contributed by atoms with Crippen LogP contribution < -0.4 is 5.32 Å². The number of carbonyl (C=O) groups is 1. The number of carbonyl (C=O) groups excluding carboxylic acids is 1. The van der Waals surface area contributed by atoms with Gasteiger partial charge in [0.15, 0.2) is 0 Å². The first-order valence-electron chi connectivity index (χ1n) is 6.93. The number of anilines is 1. The third-order valence-electron chi connectivity index (χ3n) is 3.05. The first-order valence-corrected chi connectivity index (χ1v) is 8.79. The van der Waals surface area contributed by atoms with Crippen LogP contribution in [-0.2, 0) is 11.3 Å². The Hall–Kier alpha value is -2.12. The summed E-state index contributed by atoms with van der Waals surface area (Å²) in [5.74, 6) is 0.530. The lowest BCUT2D eigenvalue weighted by atomic mass is 10.4. The quantitative estimate of drug-likeness (QED) is 0.689. The molecule has 0 fully saturated rings. The fourth-order valence-electron chi connectivity index (χ4n) is 1.97. The highest BCUT2D eigenvalue weighted by Crippen LogP contribution is 2.19. The third kappa shape index (κ3) is 4.43. The molecular weight excluding hydrogens is 333 g/mol. The number of nitrogens with one attached hydrogen (secondary N) is 1. The van der Waals surface area contributed by atoms with Crippen LogP contribution in [0.2, 0.25) is 0 Å². The van der Waals surface area contributed by atoms with Crippen molar-refractivity contribution < 1.29 is 9.18 Å². The molecule has 23 heavy (non-hydrogen) atoms. The molecule has 1 amide bonds. The van der Waals surface area contributed by atoms with Crippen molar-refractivity contribution in [3.8, 4) is 0 Å². The lowest BCUT2D eigenvalue weighted by molar-refractivity contribution is -0.113. The Bertz CT molecular complexity index is 769. The summed E-state index contributed by atoms with van der Waals surface area (Å²) in [4.78, 5) is 14.1. The van der Waals surface area contributed by atoms with Crippen LogP contribution in [0.25, 0.3) is 0 Å². The van der Waals surface area contributed by atoms with Gasteiger partial charge in [-0.15, -0.1) is 23.1 Å². The zero-order valence-corrected chi connectivity index (χ0v) is 13.7. The molecule has 1 N–H and O–H groups in total. The lowest BCUT2D eigenvalue weighted by Crippen LogP contribution is -2.17. The van der Waals surface area contributed by atoms with Gasteiger partial charge in [0.05, 0.1) is 18.5 Å². The highest BCUT2D eigenvalue weighted by atomic mass is 32.2. The molecule has 1 aromatic carbocycles. The molecule has 118 valence electrons. The number of hydrogen-bond acceptors (Lipinski definition) is 4. The normalized spacial score (nSPS) is 10.7. The SMILES string of the molecule is O=C(CSc1ccc(F)cc1)Nc1ccnn1Cc1cccs1. The number of rotatable bonds is 6. The van der Waals surface area contributed by atoms with Crippen molar-refractivity contribution in [2.45, 2.75) is 11.4 Å². The average Bonchev–Trinajstić information content (AvgIpc) is 3.20. The van der Waals surface area contributed by atoms with E-state index in [2.05, 4.69) is 10.4 Å². The number of aromatic nitrogens is 2. The standard InChI is InChI=1S/C16H14FN3OS2/c17-12-3-5-13(6-4-12)23-11-16(21)19-15-7-8-18-20(15)10-14-2-1-9-22-14/h1-9H,10-11H2,(H,19,21). The molecule has 2 heterocycles. The largest absolute Gasteiger partial charge is 0.310 e. The van der Waals surface area contributed by atoms with Crippen LogP contribution in [0.1, 0.15) is 4.88 Å². The van der Waals surface area contributed by atoms with Crippen molar-refractivity contribution in [3.05, 3.63) is 64.7 Å². The topological polar surface area (TPSA) is 46.9 Å². The molecule has 0 aliphatic rings. The van der Waals surface area contributed by atoms with Gasteiger partial charge in [0.1, 0.15) is 11.6 Å². The van der Waals surface area contributed by atoms with Crippen LogP contribution in [0, 0.1) is 5.82 Å². The van der Waals surface area contributed by atoms with E-state index in [0.29, 0.717) is 12.4 Å². The highest BCUT2D eigenvalue weighted by Gasteiger charge is 2.09. The minimum atomic E-state index is -0.281. The lowest BCUT2D eigenvalue weighted by Gasteiger charge is -2.08. The van der Waals surface area contributed by atoms with E-state index >= 15 is 0 Å². The van der Waals surface area contributed by atoms with Crippen molar-refractivity contribution in [3.63, 3.8) is 0 Å². The van der Waals surface area contributed by atoms with Crippen molar-refractivity contribution in [1.82, 2.24) is 9.78 Å². The molecule has 0 atom stereocenters. The maximum atomic E-state index is 12.8. The maximum Gasteiger partial charge on any atom is 0.235 e. The van der Waals surface area contributed by atoms with Crippen LogP contribution >= 0.6 is 23.1 Å². The summed E-state index contributed by atoms with van der Waals surface area (Å²) in [6.45, 7) is 0.630. The summed E-state index contributed by atoms with van der Waals surface area (Å²) in [5.41, 5.74) is 0. The van der Waals surface area contributed by atoms with Crippen LogP contribution in [0.3, 0.4) is 0 Å². The summed E-state index contributed by atoms with van der Waals surface area (Å²) < 4.78 is 14.6. The number of amides is 1. The van der Waals surface area contributed by atoms with E-state index in [4.69, 9.17) is 0 Å². The van der Waals surface area contributed by atoms with Gasteiger partial charge in [-0.2, -0.15) is 5.10 Å². The van der Waals surface area contributed by atoms with Gasteiger partial charge in [-0.05, 0) is 35.7 Å². The molecule has 0 spiro atoms. The number of benzene rings is 1. The zero-order valence-electron chi connectivity index (χ0n) is 12.1. The Kier molecular flexibility index (Phi) is 5.09. The molecule has 7 heteroatoms. The first-order chi connectivity index (χ1) is 11.2. The number of thiophene rings is 1. The number of halogens is 1. The second-order valence-electron chi connectivity index (χ2n) is 4.74. The van der Waals surface area contributed by atoms with Gasteiger partial charge < -0.3 is 5.32 Å². The predicted molar refractivity (Wildman–Crippen MR) is 91.4 cm³/mol. The Morgan fingerprint density at radius 2 is 2.09 bits per heavy atom. The molecular formula is C16H14FN3OS2. The van der Waals surface area contributed by atoms with E-state index < -0.39 is 0 Å². The Balaban J connectivity index is 1.56. The van der Waals surface area contributed by atoms with E-state index in [1.807, 2.05) is 17.5 Å². The van der Waals surface area contributed by atoms with E-state index in [1.165, 1.54) is 28.8 Å². The summed E-state index contributed by atoms with van der Waals surface area (Å²) in [6.07, 6.45) is 1.66. The summed E-state index contributed by atoms with van der Waals surface area (Å²) >= 11 is 3.01. The highest BCUT2D eigenvalue weighted by molar-refractivity contribution is 8.00. The predicted octanol–water partition coefficient (Wildman–Crippen LogP) is 3.86. The monoisotopic (exact) mass is 347 g/mol. The smallest absolute Gasteiger partial charge is 0.235 e. The molecule has 3 rings (SSSR count). The van der Waals surface area contributed by atoms with E-state index in [9.17, 15) is 9.18 Å². The Labute approximate surface area is 141 Å². The minimum Gasteiger partial charge on any atom is -0.310 e. The third-order valence-corrected chi connectivity index (χ3v) is 4.93. The van der Waals surface area contributed by atoms with Gasteiger partial charge in [-0.1, -0.05) is 6.07 Å². The van der Waals surface area contributed by atoms with E-state index in [0.717, 1.165) is 4.90 Å². The zero-order chi connectivity index (χ0) is 16.1. The molecule has 0 aliphatic heterocycles. The second kappa shape index (κ2) is 7.43. The summed E-state index contributed by atoms with van der Waals surface area (Å²) in [5, 5.41) is 9.10. The van der Waals surface area contributed by atoms with Gasteiger partial charge in [-0.3, -0.25) is 4.79 Å². The molecule has 2 aromatic heterocycles. The van der Waals surface area contributed by atoms with Crippen molar-refractivity contribution in [2.24, 2.45) is 0 Å². The molecule has 0 radical (unpaired) electrons. The fourth-order valence-corrected chi connectivity index (χ4v) is 3.36. The Morgan fingerprint density at radius 1 is 1.26 bits per heavy atom. The second-order valence-corrected chi connectivity index (χ2v) is 6.83. The van der Waals surface area contributed by atoms with Crippen molar-refractivity contribution >= 4 is 34.8 Å². The summed E-state index contributed by atoms with van der Waals surface area (Å²) in [6, 6.07) is 11.9. The fraction of sp³-hybridized carbons (Fsp3) is 0.125.